The van der Waals surface area contributed by atoms with Gasteiger partial charge in [-0.1, -0.05) is 37.1 Å². The number of esters is 1. The Hall–Kier alpha value is -2.01. The number of carbonyl (C=O) groups excluding carboxylic acids is 1. The van der Waals surface area contributed by atoms with E-state index in [-0.39, 0.29) is 12.4 Å². The first-order valence-corrected chi connectivity index (χ1v) is 7.67. The van der Waals surface area contributed by atoms with Crippen molar-refractivity contribution in [2.24, 2.45) is 0 Å². The minimum atomic E-state index is -0.283. The van der Waals surface area contributed by atoms with Gasteiger partial charge in [-0.3, -0.25) is 4.79 Å². The third-order valence-corrected chi connectivity index (χ3v) is 3.62. The zero-order valence-electron chi connectivity index (χ0n) is 12.6. The van der Waals surface area contributed by atoms with Crippen molar-refractivity contribution in [2.75, 3.05) is 12.3 Å². The number of hydrogen-bond donors (Lipinski definition) is 1. The second-order valence-corrected chi connectivity index (χ2v) is 5.46. The Morgan fingerprint density at radius 1 is 1.36 bits per heavy atom. The van der Waals surface area contributed by atoms with E-state index in [0.717, 1.165) is 18.4 Å². The quantitative estimate of drug-likeness (QED) is 0.483. The van der Waals surface area contributed by atoms with Crippen molar-refractivity contribution >= 4 is 23.3 Å². The van der Waals surface area contributed by atoms with Gasteiger partial charge >= 0.3 is 5.97 Å². The number of nitrogens with zero attached hydrogens (tertiary/aromatic N) is 2. The van der Waals surface area contributed by atoms with Crippen LogP contribution in [0.5, 0.6) is 0 Å². The summed E-state index contributed by atoms with van der Waals surface area (Å²) >= 11 is 6.08. The molecule has 118 valence electrons. The second kappa shape index (κ2) is 7.84. The lowest BCUT2D eigenvalue weighted by molar-refractivity contribution is -0.143. The van der Waals surface area contributed by atoms with Gasteiger partial charge in [-0.2, -0.15) is 0 Å². The fourth-order valence-electron chi connectivity index (χ4n) is 2.03. The zero-order valence-corrected chi connectivity index (χ0v) is 13.3. The molecule has 2 rings (SSSR count). The van der Waals surface area contributed by atoms with E-state index in [0.29, 0.717) is 29.7 Å². The summed E-state index contributed by atoms with van der Waals surface area (Å²) in [5, 5.41) is 0.336. The molecule has 5 nitrogen and oxygen atoms in total. The summed E-state index contributed by atoms with van der Waals surface area (Å²) in [6.07, 6.45) is 3.61. The fraction of sp³-hybridized carbons (Fsp3) is 0.375. The molecule has 0 saturated heterocycles. The normalized spacial score (nSPS) is 10.6. The molecule has 0 aliphatic carbocycles. The van der Waals surface area contributed by atoms with E-state index in [1.807, 2.05) is 35.8 Å². The molecule has 2 aromatic rings. The fourth-order valence-corrected chi connectivity index (χ4v) is 2.25. The van der Waals surface area contributed by atoms with E-state index in [1.54, 1.807) is 6.33 Å². The number of hydrogen-bond acceptors (Lipinski definition) is 4. The number of aromatic nitrogens is 2. The molecule has 1 heterocycles. The molecular formula is C16H20ClN3O2. The number of benzene rings is 1. The molecule has 0 atom stereocenters. The monoisotopic (exact) mass is 321 g/mol. The van der Waals surface area contributed by atoms with Gasteiger partial charge in [0.1, 0.15) is 0 Å². The molecule has 0 unspecified atom stereocenters. The van der Waals surface area contributed by atoms with Crippen molar-refractivity contribution in [3.8, 4) is 0 Å². The van der Waals surface area contributed by atoms with E-state index >= 15 is 0 Å². The molecule has 0 aliphatic heterocycles. The van der Waals surface area contributed by atoms with Gasteiger partial charge in [0.2, 0.25) is 0 Å². The summed E-state index contributed by atoms with van der Waals surface area (Å²) in [5.74, 6) is -0.283. The third kappa shape index (κ3) is 4.49. The maximum absolute atomic E-state index is 11.8. The van der Waals surface area contributed by atoms with E-state index in [4.69, 9.17) is 22.1 Å². The first-order valence-electron chi connectivity index (χ1n) is 7.29. The standard InChI is InChI=1S/C16H20ClN3O2/c1-2-3-8-22-15(21)9-14-16(17)19-11-20(14)10-12-4-6-13(18)7-5-12/h4-7,11H,2-3,8-10,18H2,1H3. The van der Waals surface area contributed by atoms with Crippen molar-refractivity contribution in [2.45, 2.75) is 32.7 Å². The molecular weight excluding hydrogens is 302 g/mol. The SMILES string of the molecule is CCCCOC(=O)Cc1c(Cl)ncn1Cc1ccc(N)cc1. The van der Waals surface area contributed by atoms with Crippen LogP contribution in [-0.4, -0.2) is 22.1 Å². The molecule has 2 N–H and O–H groups in total. The highest BCUT2D eigenvalue weighted by Crippen LogP contribution is 2.17. The van der Waals surface area contributed by atoms with Gasteiger partial charge in [0.25, 0.3) is 0 Å². The predicted octanol–water partition coefficient (Wildman–Crippen LogP) is 3.05. The Morgan fingerprint density at radius 3 is 2.77 bits per heavy atom. The highest BCUT2D eigenvalue weighted by Gasteiger charge is 2.14. The number of ether oxygens (including phenoxy) is 1. The molecule has 22 heavy (non-hydrogen) atoms. The number of nitrogen functional groups attached to an aromatic ring is 1. The topological polar surface area (TPSA) is 70.1 Å². The van der Waals surface area contributed by atoms with Crippen LogP contribution in [0.1, 0.15) is 31.0 Å². The molecule has 0 spiro atoms. The first kappa shape index (κ1) is 16.4. The molecule has 0 radical (unpaired) electrons. The minimum absolute atomic E-state index is 0.123. The summed E-state index contributed by atoms with van der Waals surface area (Å²) in [6, 6.07) is 7.55. The van der Waals surface area contributed by atoms with Crippen LogP contribution in [0.4, 0.5) is 5.69 Å². The van der Waals surface area contributed by atoms with E-state index < -0.39 is 0 Å². The van der Waals surface area contributed by atoms with Crippen LogP contribution in [-0.2, 0) is 22.5 Å². The highest BCUT2D eigenvalue weighted by atomic mass is 35.5. The van der Waals surface area contributed by atoms with Crippen LogP contribution >= 0.6 is 11.6 Å². The van der Waals surface area contributed by atoms with Crippen LogP contribution in [0.3, 0.4) is 0 Å². The Bertz CT molecular complexity index is 623. The molecule has 1 aromatic carbocycles. The maximum atomic E-state index is 11.8. The van der Waals surface area contributed by atoms with Crippen molar-refractivity contribution < 1.29 is 9.53 Å². The molecule has 0 amide bonds. The van der Waals surface area contributed by atoms with Crippen LogP contribution in [0.25, 0.3) is 0 Å². The number of unbranched alkanes of at least 4 members (excludes halogenated alkanes) is 1. The molecule has 0 saturated carbocycles. The van der Waals surface area contributed by atoms with Gasteiger partial charge in [-0.15, -0.1) is 0 Å². The highest BCUT2D eigenvalue weighted by molar-refractivity contribution is 6.30. The first-order chi connectivity index (χ1) is 10.6. The molecule has 0 bridgehead atoms. The Morgan fingerprint density at radius 2 is 2.09 bits per heavy atom. The average molecular weight is 322 g/mol. The van der Waals surface area contributed by atoms with Gasteiger partial charge in [-0.05, 0) is 24.1 Å². The van der Waals surface area contributed by atoms with Crippen LogP contribution < -0.4 is 5.73 Å². The summed E-state index contributed by atoms with van der Waals surface area (Å²) in [4.78, 5) is 15.9. The summed E-state index contributed by atoms with van der Waals surface area (Å²) < 4.78 is 7.03. The van der Waals surface area contributed by atoms with Crippen molar-refractivity contribution in [1.29, 1.82) is 0 Å². The second-order valence-electron chi connectivity index (χ2n) is 5.10. The number of halogens is 1. The van der Waals surface area contributed by atoms with Gasteiger partial charge in [-0.25, -0.2) is 4.98 Å². The predicted molar refractivity (Wildman–Crippen MR) is 86.8 cm³/mol. The molecule has 1 aromatic heterocycles. The van der Waals surface area contributed by atoms with Crippen LogP contribution in [0.15, 0.2) is 30.6 Å². The Kier molecular flexibility index (Phi) is 5.83. The number of nitrogens with two attached hydrogens (primary N) is 1. The van der Waals surface area contributed by atoms with Crippen molar-refractivity contribution in [1.82, 2.24) is 9.55 Å². The molecule has 0 fully saturated rings. The maximum Gasteiger partial charge on any atom is 0.311 e. The summed E-state index contributed by atoms with van der Waals surface area (Å²) in [7, 11) is 0. The lowest BCUT2D eigenvalue weighted by atomic mass is 10.2. The van der Waals surface area contributed by atoms with E-state index in [1.165, 1.54) is 0 Å². The van der Waals surface area contributed by atoms with E-state index in [9.17, 15) is 4.79 Å². The van der Waals surface area contributed by atoms with Crippen molar-refractivity contribution in [3.05, 3.63) is 47.0 Å². The molecule has 0 aliphatic rings. The number of imidazole rings is 1. The molecule has 6 heteroatoms. The number of carbonyl (C=O) groups is 1. The Balaban J connectivity index is 2.04. The largest absolute Gasteiger partial charge is 0.465 e. The van der Waals surface area contributed by atoms with Gasteiger partial charge in [0.15, 0.2) is 5.15 Å². The van der Waals surface area contributed by atoms with Crippen LogP contribution in [0, 0.1) is 0 Å². The smallest absolute Gasteiger partial charge is 0.311 e. The summed E-state index contributed by atoms with van der Waals surface area (Å²) in [5.41, 5.74) is 8.12. The average Bonchev–Trinajstić information content (AvgIpc) is 2.83. The lowest BCUT2D eigenvalue weighted by Crippen LogP contribution is -2.13. The van der Waals surface area contributed by atoms with Gasteiger partial charge in [0.05, 0.1) is 25.0 Å². The van der Waals surface area contributed by atoms with E-state index in [2.05, 4.69) is 4.98 Å². The van der Waals surface area contributed by atoms with Crippen LogP contribution in [0.2, 0.25) is 5.15 Å². The number of rotatable bonds is 7. The number of anilines is 1. The Labute approximate surface area is 135 Å². The van der Waals surface area contributed by atoms with Gasteiger partial charge < -0.3 is 15.0 Å². The minimum Gasteiger partial charge on any atom is -0.465 e. The zero-order chi connectivity index (χ0) is 15.9. The van der Waals surface area contributed by atoms with Crippen molar-refractivity contribution in [3.63, 3.8) is 0 Å². The summed E-state index contributed by atoms with van der Waals surface area (Å²) in [6.45, 7) is 3.07. The van der Waals surface area contributed by atoms with Gasteiger partial charge in [0, 0.05) is 12.2 Å². The third-order valence-electron chi connectivity index (χ3n) is 3.30. The lowest BCUT2D eigenvalue weighted by Gasteiger charge is -2.09.